The number of nitrogens with zero attached hydrogens (tertiary/aromatic N) is 3. The zero-order chi connectivity index (χ0) is 21.3. The largest absolute Gasteiger partial charge is 0.336 e. The van der Waals surface area contributed by atoms with Crippen molar-refractivity contribution in [2.45, 2.75) is 25.7 Å². The highest BCUT2D eigenvalue weighted by molar-refractivity contribution is 7.89. The molecule has 0 aliphatic carbocycles. The Kier molecular flexibility index (Phi) is 5.72. The van der Waals surface area contributed by atoms with Crippen molar-refractivity contribution < 1.29 is 18.1 Å². The van der Waals surface area contributed by atoms with Gasteiger partial charge in [-0.2, -0.15) is 4.31 Å². The van der Waals surface area contributed by atoms with Crippen molar-refractivity contribution in [1.82, 2.24) is 9.21 Å². The van der Waals surface area contributed by atoms with Gasteiger partial charge < -0.3 is 4.90 Å². The van der Waals surface area contributed by atoms with Crippen molar-refractivity contribution in [1.29, 1.82) is 0 Å². The molecule has 9 heteroatoms. The molecule has 1 aliphatic heterocycles. The van der Waals surface area contributed by atoms with Gasteiger partial charge in [0, 0.05) is 37.8 Å². The standard InChI is InChI=1S/C20H23N3O5S/c1-14-12-15(2)19(16(3)13-14)20(24)21-8-10-22(11-9-21)29(27,28)18-7-5-4-6-17(18)23(25)26/h4-7,12-13H,8-11H2,1-3H3. The summed E-state index contributed by atoms with van der Waals surface area (Å²) in [6.07, 6.45) is 0. The number of nitro groups is 1. The second kappa shape index (κ2) is 7.92. The predicted octanol–water partition coefficient (Wildman–Crippen LogP) is 2.67. The summed E-state index contributed by atoms with van der Waals surface area (Å²) in [7, 11) is -4.02. The summed E-state index contributed by atoms with van der Waals surface area (Å²) in [5.41, 5.74) is 3.06. The van der Waals surface area contributed by atoms with E-state index >= 15 is 0 Å². The molecule has 1 aliphatic rings. The number of carbonyl (C=O) groups excluding carboxylic acids is 1. The van der Waals surface area contributed by atoms with Gasteiger partial charge in [0.25, 0.3) is 11.6 Å². The quantitative estimate of drug-likeness (QED) is 0.562. The molecule has 0 radical (unpaired) electrons. The van der Waals surface area contributed by atoms with Crippen LogP contribution in [0.1, 0.15) is 27.0 Å². The third kappa shape index (κ3) is 4.01. The van der Waals surface area contributed by atoms with Crippen molar-refractivity contribution in [3.05, 3.63) is 68.8 Å². The van der Waals surface area contributed by atoms with Crippen molar-refractivity contribution in [3.8, 4) is 0 Å². The van der Waals surface area contributed by atoms with E-state index in [1.54, 1.807) is 4.90 Å². The van der Waals surface area contributed by atoms with Crippen LogP contribution in [0.3, 0.4) is 0 Å². The van der Waals surface area contributed by atoms with E-state index < -0.39 is 20.6 Å². The van der Waals surface area contributed by atoms with Crippen LogP contribution in [0.2, 0.25) is 0 Å². The number of aryl methyl sites for hydroxylation is 3. The first-order valence-electron chi connectivity index (χ1n) is 9.23. The second-order valence-corrected chi connectivity index (χ2v) is 9.10. The number of benzene rings is 2. The topological polar surface area (TPSA) is 101 Å². The first kappa shape index (κ1) is 20.9. The number of para-hydroxylation sites is 1. The molecular formula is C20H23N3O5S. The summed E-state index contributed by atoms with van der Waals surface area (Å²) in [6.45, 7) is 6.39. The van der Waals surface area contributed by atoms with Gasteiger partial charge in [0.15, 0.2) is 4.90 Å². The van der Waals surface area contributed by atoms with E-state index in [0.29, 0.717) is 5.56 Å². The van der Waals surface area contributed by atoms with Gasteiger partial charge in [0.05, 0.1) is 4.92 Å². The SMILES string of the molecule is Cc1cc(C)c(C(=O)N2CCN(S(=O)(=O)c3ccccc3[N+](=O)[O-])CC2)c(C)c1. The van der Waals surface area contributed by atoms with E-state index in [2.05, 4.69) is 0 Å². The van der Waals surface area contributed by atoms with E-state index in [1.165, 1.54) is 28.6 Å². The molecule has 1 saturated heterocycles. The van der Waals surface area contributed by atoms with Crippen molar-refractivity contribution in [2.24, 2.45) is 0 Å². The zero-order valence-corrected chi connectivity index (χ0v) is 17.4. The smallest absolute Gasteiger partial charge is 0.289 e. The van der Waals surface area contributed by atoms with Gasteiger partial charge in [-0.1, -0.05) is 29.8 Å². The number of piperazine rings is 1. The van der Waals surface area contributed by atoms with Gasteiger partial charge in [0.1, 0.15) is 0 Å². The minimum absolute atomic E-state index is 0.0874. The molecule has 0 bridgehead atoms. The second-order valence-electron chi connectivity index (χ2n) is 7.19. The molecule has 0 aromatic heterocycles. The lowest BCUT2D eigenvalue weighted by molar-refractivity contribution is -0.387. The van der Waals surface area contributed by atoms with Gasteiger partial charge in [0.2, 0.25) is 10.0 Å². The molecule has 0 saturated carbocycles. The number of hydrogen-bond donors (Lipinski definition) is 0. The molecule has 1 heterocycles. The lowest BCUT2D eigenvalue weighted by Crippen LogP contribution is -2.50. The molecule has 29 heavy (non-hydrogen) atoms. The Morgan fingerprint density at radius 3 is 2.10 bits per heavy atom. The van der Waals surface area contributed by atoms with Gasteiger partial charge in [-0.15, -0.1) is 0 Å². The van der Waals surface area contributed by atoms with E-state index in [-0.39, 0.29) is 37.0 Å². The fourth-order valence-electron chi connectivity index (χ4n) is 3.77. The van der Waals surface area contributed by atoms with E-state index in [0.717, 1.165) is 16.7 Å². The van der Waals surface area contributed by atoms with E-state index in [1.807, 2.05) is 32.9 Å². The summed E-state index contributed by atoms with van der Waals surface area (Å²) >= 11 is 0. The third-order valence-electron chi connectivity index (χ3n) is 5.10. The van der Waals surface area contributed by atoms with Gasteiger partial charge >= 0.3 is 0 Å². The van der Waals surface area contributed by atoms with Gasteiger partial charge in [-0.3, -0.25) is 14.9 Å². The first-order chi connectivity index (χ1) is 13.6. The molecule has 8 nitrogen and oxygen atoms in total. The first-order valence-corrected chi connectivity index (χ1v) is 10.7. The summed E-state index contributed by atoms with van der Waals surface area (Å²) in [5.74, 6) is -0.122. The average molecular weight is 417 g/mol. The summed E-state index contributed by atoms with van der Waals surface area (Å²) in [6, 6.07) is 9.22. The van der Waals surface area contributed by atoms with Crippen LogP contribution in [0.5, 0.6) is 0 Å². The Hall–Kier alpha value is -2.78. The van der Waals surface area contributed by atoms with E-state index in [4.69, 9.17) is 0 Å². The summed E-state index contributed by atoms with van der Waals surface area (Å²) in [4.78, 5) is 24.8. The summed E-state index contributed by atoms with van der Waals surface area (Å²) in [5, 5.41) is 11.2. The van der Waals surface area contributed by atoms with Crippen molar-refractivity contribution in [3.63, 3.8) is 0 Å². The van der Waals surface area contributed by atoms with Crippen LogP contribution in [0.4, 0.5) is 5.69 Å². The fourth-order valence-corrected chi connectivity index (χ4v) is 5.35. The molecule has 0 unspecified atom stereocenters. The van der Waals surface area contributed by atoms with Crippen LogP contribution in [-0.4, -0.2) is 54.6 Å². The zero-order valence-electron chi connectivity index (χ0n) is 16.6. The Labute approximate surface area is 169 Å². The average Bonchev–Trinajstić information content (AvgIpc) is 2.67. The molecule has 2 aromatic carbocycles. The van der Waals surface area contributed by atoms with Crippen LogP contribution in [0.25, 0.3) is 0 Å². The highest BCUT2D eigenvalue weighted by Crippen LogP contribution is 2.27. The number of nitro benzene ring substituents is 1. The minimum atomic E-state index is -4.02. The Balaban J connectivity index is 1.79. The molecule has 1 amide bonds. The fraction of sp³-hybridized carbons (Fsp3) is 0.350. The third-order valence-corrected chi connectivity index (χ3v) is 7.04. The van der Waals surface area contributed by atoms with Crippen molar-refractivity contribution in [2.75, 3.05) is 26.2 Å². The monoisotopic (exact) mass is 417 g/mol. The van der Waals surface area contributed by atoms with Crippen LogP contribution >= 0.6 is 0 Å². The number of hydrogen-bond acceptors (Lipinski definition) is 5. The maximum Gasteiger partial charge on any atom is 0.289 e. The molecule has 0 spiro atoms. The Morgan fingerprint density at radius 2 is 1.55 bits per heavy atom. The van der Waals surface area contributed by atoms with Crippen LogP contribution in [-0.2, 0) is 10.0 Å². The normalized spacial score (nSPS) is 15.3. The highest BCUT2D eigenvalue weighted by atomic mass is 32.2. The van der Waals surface area contributed by atoms with Gasteiger partial charge in [-0.05, 0) is 38.0 Å². The predicted molar refractivity (Wildman–Crippen MR) is 108 cm³/mol. The highest BCUT2D eigenvalue weighted by Gasteiger charge is 2.34. The maximum atomic E-state index is 13.0. The molecule has 0 N–H and O–H groups in total. The minimum Gasteiger partial charge on any atom is -0.336 e. The van der Waals surface area contributed by atoms with Crippen LogP contribution in [0.15, 0.2) is 41.3 Å². The number of amides is 1. The van der Waals surface area contributed by atoms with Crippen LogP contribution in [0, 0.1) is 30.9 Å². The maximum absolute atomic E-state index is 13.0. The van der Waals surface area contributed by atoms with Crippen molar-refractivity contribution >= 4 is 21.6 Å². The number of sulfonamides is 1. The molecular weight excluding hydrogens is 394 g/mol. The van der Waals surface area contributed by atoms with Gasteiger partial charge in [-0.25, -0.2) is 8.42 Å². The molecule has 2 aromatic rings. The van der Waals surface area contributed by atoms with E-state index in [9.17, 15) is 23.3 Å². The molecule has 154 valence electrons. The molecule has 3 rings (SSSR count). The Bertz CT molecular complexity index is 1050. The van der Waals surface area contributed by atoms with Crippen LogP contribution < -0.4 is 0 Å². The summed E-state index contributed by atoms with van der Waals surface area (Å²) < 4.78 is 27.0. The number of carbonyl (C=O) groups is 1. The lowest BCUT2D eigenvalue weighted by Gasteiger charge is -2.34. The molecule has 0 atom stereocenters. The lowest BCUT2D eigenvalue weighted by atomic mass is 9.98. The number of rotatable bonds is 4. The Morgan fingerprint density at radius 1 is 1.00 bits per heavy atom. The molecule has 1 fully saturated rings.